The van der Waals surface area contributed by atoms with Crippen molar-refractivity contribution in [1.29, 1.82) is 0 Å². The molecule has 0 spiro atoms. The maximum absolute atomic E-state index is 13.6. The molecule has 0 aromatic heterocycles. The zero-order chi connectivity index (χ0) is 15.6. The summed E-state index contributed by atoms with van der Waals surface area (Å²) in [7, 11) is 0. The monoisotopic (exact) mass is 308 g/mol. The Bertz CT molecular complexity index is 484. The molecule has 0 atom stereocenters. The Morgan fingerprint density at radius 3 is 1.81 bits per heavy atom. The summed E-state index contributed by atoms with van der Waals surface area (Å²) in [5.41, 5.74) is 4.71. The largest absolute Gasteiger partial charge is 0.330 e. The van der Waals surface area contributed by atoms with E-state index in [1.54, 1.807) is 4.90 Å². The number of hydrogen-bond acceptors (Lipinski definition) is 2. The second-order valence-corrected chi connectivity index (χ2v) is 5.35. The Labute approximate surface area is 119 Å². The number of likely N-dealkylation sites (tertiary alicyclic amines) is 1. The number of piperidine rings is 1. The third kappa shape index (κ3) is 3.35. The maximum Gasteiger partial charge on any atom is 0.200 e. The molecule has 1 saturated heterocycles. The molecule has 1 fully saturated rings. The summed E-state index contributed by atoms with van der Waals surface area (Å²) in [6.07, 6.45) is 2.51. The van der Waals surface area contributed by atoms with Crippen LogP contribution in [0.3, 0.4) is 0 Å². The van der Waals surface area contributed by atoms with Crippen molar-refractivity contribution in [2.24, 2.45) is 11.7 Å². The third-order valence-electron chi connectivity index (χ3n) is 3.96. The van der Waals surface area contributed by atoms with Crippen LogP contribution in [0.1, 0.15) is 24.8 Å². The van der Waals surface area contributed by atoms with Crippen molar-refractivity contribution in [2.45, 2.75) is 25.8 Å². The predicted molar refractivity (Wildman–Crippen MR) is 67.9 cm³/mol. The first-order valence-corrected chi connectivity index (χ1v) is 6.88. The van der Waals surface area contributed by atoms with Crippen LogP contribution in [0.25, 0.3) is 0 Å². The van der Waals surface area contributed by atoms with Crippen molar-refractivity contribution < 1.29 is 22.0 Å². The number of halogens is 5. The molecule has 0 bridgehead atoms. The standard InChI is InChI=1S/C14H17F5N2/c15-10-9(11(16)13(18)14(19)12(10)17)7-21-5-2-8(1-4-20)3-6-21/h8H,1-7,20H2. The van der Waals surface area contributed by atoms with Gasteiger partial charge in [-0.2, -0.15) is 0 Å². The van der Waals surface area contributed by atoms with Crippen LogP contribution in [0, 0.1) is 35.0 Å². The smallest absolute Gasteiger partial charge is 0.200 e. The molecule has 0 aliphatic carbocycles. The van der Waals surface area contributed by atoms with E-state index in [4.69, 9.17) is 5.73 Å². The molecule has 1 heterocycles. The lowest BCUT2D eigenvalue weighted by Gasteiger charge is -2.32. The molecule has 1 aromatic carbocycles. The molecule has 1 aliphatic heterocycles. The average Bonchev–Trinajstić information content (AvgIpc) is 2.49. The van der Waals surface area contributed by atoms with Gasteiger partial charge in [-0.25, -0.2) is 22.0 Å². The van der Waals surface area contributed by atoms with Gasteiger partial charge in [0.1, 0.15) is 0 Å². The van der Waals surface area contributed by atoms with Crippen LogP contribution in [0.4, 0.5) is 22.0 Å². The highest BCUT2D eigenvalue weighted by atomic mass is 19.2. The number of benzene rings is 1. The van der Waals surface area contributed by atoms with Crippen LogP contribution in [-0.4, -0.2) is 24.5 Å². The molecule has 0 saturated carbocycles. The van der Waals surface area contributed by atoms with Gasteiger partial charge in [-0.05, 0) is 44.8 Å². The molecular weight excluding hydrogens is 291 g/mol. The molecule has 0 radical (unpaired) electrons. The Kier molecular flexibility index (Phi) is 5.16. The van der Waals surface area contributed by atoms with Crippen molar-refractivity contribution in [1.82, 2.24) is 4.90 Å². The summed E-state index contributed by atoms with van der Waals surface area (Å²) < 4.78 is 66.4. The molecule has 21 heavy (non-hydrogen) atoms. The van der Waals surface area contributed by atoms with Crippen LogP contribution in [-0.2, 0) is 6.54 Å². The minimum atomic E-state index is -2.12. The van der Waals surface area contributed by atoms with Crippen LogP contribution >= 0.6 is 0 Å². The topological polar surface area (TPSA) is 29.3 Å². The van der Waals surface area contributed by atoms with Crippen molar-refractivity contribution in [3.8, 4) is 0 Å². The zero-order valence-corrected chi connectivity index (χ0v) is 11.4. The van der Waals surface area contributed by atoms with E-state index >= 15 is 0 Å². The van der Waals surface area contributed by atoms with Crippen molar-refractivity contribution in [3.05, 3.63) is 34.6 Å². The number of nitrogens with zero attached hydrogens (tertiary/aromatic N) is 1. The second kappa shape index (κ2) is 6.70. The Morgan fingerprint density at radius 2 is 1.33 bits per heavy atom. The van der Waals surface area contributed by atoms with E-state index in [2.05, 4.69) is 0 Å². The van der Waals surface area contributed by atoms with Gasteiger partial charge in [-0.1, -0.05) is 0 Å². The molecule has 2 rings (SSSR count). The summed E-state index contributed by atoms with van der Waals surface area (Å²) >= 11 is 0. The van der Waals surface area contributed by atoms with Gasteiger partial charge in [0.2, 0.25) is 5.82 Å². The number of hydrogen-bond donors (Lipinski definition) is 1. The minimum Gasteiger partial charge on any atom is -0.330 e. The Balaban J connectivity index is 2.11. The number of nitrogens with two attached hydrogens (primary N) is 1. The molecular formula is C14H17F5N2. The maximum atomic E-state index is 13.6. The predicted octanol–water partition coefficient (Wildman–Crippen LogP) is 2.94. The van der Waals surface area contributed by atoms with E-state index in [1.165, 1.54) is 0 Å². The van der Waals surface area contributed by atoms with Crippen molar-refractivity contribution in [2.75, 3.05) is 19.6 Å². The second-order valence-electron chi connectivity index (χ2n) is 5.35. The van der Waals surface area contributed by atoms with E-state index in [-0.39, 0.29) is 6.54 Å². The Hall–Kier alpha value is -1.21. The van der Waals surface area contributed by atoms with E-state index < -0.39 is 34.6 Å². The summed E-state index contributed by atoms with van der Waals surface area (Å²) in [5, 5.41) is 0. The SMILES string of the molecule is NCCC1CCN(Cc2c(F)c(F)c(F)c(F)c2F)CC1. The van der Waals surface area contributed by atoms with Gasteiger partial charge in [-0.15, -0.1) is 0 Å². The molecule has 1 aliphatic rings. The van der Waals surface area contributed by atoms with Gasteiger partial charge in [0.25, 0.3) is 0 Å². The van der Waals surface area contributed by atoms with Crippen LogP contribution in [0.2, 0.25) is 0 Å². The highest BCUT2D eigenvalue weighted by Gasteiger charge is 2.28. The van der Waals surface area contributed by atoms with Crippen LogP contribution < -0.4 is 5.73 Å². The molecule has 7 heteroatoms. The quantitative estimate of drug-likeness (QED) is 0.526. The summed E-state index contributed by atoms with van der Waals surface area (Å²) in [5.74, 6) is -8.91. The summed E-state index contributed by atoms with van der Waals surface area (Å²) in [4.78, 5) is 1.70. The molecule has 0 unspecified atom stereocenters. The zero-order valence-electron chi connectivity index (χ0n) is 11.4. The first-order chi connectivity index (χ1) is 9.95. The fourth-order valence-corrected chi connectivity index (χ4v) is 2.68. The lowest BCUT2D eigenvalue weighted by molar-refractivity contribution is 0.168. The fraction of sp³-hybridized carbons (Fsp3) is 0.571. The molecule has 118 valence electrons. The van der Waals surface area contributed by atoms with Gasteiger partial charge in [0.15, 0.2) is 23.3 Å². The van der Waals surface area contributed by atoms with Gasteiger partial charge in [-0.3, -0.25) is 4.90 Å². The molecule has 0 amide bonds. The molecule has 2 N–H and O–H groups in total. The normalized spacial score (nSPS) is 17.4. The Morgan fingerprint density at radius 1 is 0.857 bits per heavy atom. The van der Waals surface area contributed by atoms with Crippen LogP contribution in [0.15, 0.2) is 0 Å². The first-order valence-electron chi connectivity index (χ1n) is 6.88. The van der Waals surface area contributed by atoms with E-state index in [1.807, 2.05) is 0 Å². The van der Waals surface area contributed by atoms with E-state index in [0.717, 1.165) is 19.3 Å². The van der Waals surface area contributed by atoms with Crippen molar-refractivity contribution in [3.63, 3.8) is 0 Å². The summed E-state index contributed by atoms with van der Waals surface area (Å²) in [6, 6.07) is 0. The van der Waals surface area contributed by atoms with Gasteiger partial charge >= 0.3 is 0 Å². The van der Waals surface area contributed by atoms with Crippen LogP contribution in [0.5, 0.6) is 0 Å². The average molecular weight is 308 g/mol. The van der Waals surface area contributed by atoms with E-state index in [0.29, 0.717) is 25.6 Å². The van der Waals surface area contributed by atoms with Gasteiger partial charge in [0, 0.05) is 12.1 Å². The number of rotatable bonds is 4. The third-order valence-corrected chi connectivity index (χ3v) is 3.96. The lowest BCUT2D eigenvalue weighted by Crippen LogP contribution is -2.34. The van der Waals surface area contributed by atoms with Gasteiger partial charge < -0.3 is 5.73 Å². The fourth-order valence-electron chi connectivity index (χ4n) is 2.68. The molecule has 1 aromatic rings. The van der Waals surface area contributed by atoms with Crippen molar-refractivity contribution >= 4 is 0 Å². The molecule has 2 nitrogen and oxygen atoms in total. The lowest BCUT2D eigenvalue weighted by atomic mass is 9.93. The minimum absolute atomic E-state index is 0.277. The first kappa shape index (κ1) is 16.2. The van der Waals surface area contributed by atoms with Gasteiger partial charge in [0.05, 0.1) is 0 Å². The van der Waals surface area contributed by atoms with E-state index in [9.17, 15) is 22.0 Å². The highest BCUT2D eigenvalue weighted by molar-refractivity contribution is 5.24. The summed E-state index contributed by atoms with van der Waals surface area (Å²) in [6.45, 7) is 1.43. The highest BCUT2D eigenvalue weighted by Crippen LogP contribution is 2.26.